The second-order valence-corrected chi connectivity index (χ2v) is 2.68. The Labute approximate surface area is 75.0 Å². The molecule has 2 aromatic rings. The molecule has 0 saturated carbocycles. The number of hydrogen-bond acceptors (Lipinski definition) is 4. The Morgan fingerprint density at radius 2 is 2.31 bits per heavy atom. The molecule has 0 bridgehead atoms. The minimum atomic E-state index is 0.248. The van der Waals surface area contributed by atoms with E-state index in [1.165, 1.54) is 0 Å². The van der Waals surface area contributed by atoms with Crippen LogP contribution in [0.5, 0.6) is 0 Å². The third-order valence-corrected chi connectivity index (χ3v) is 1.76. The van der Waals surface area contributed by atoms with E-state index in [2.05, 4.69) is 20.2 Å². The third kappa shape index (κ3) is 1.35. The minimum Gasteiger partial charge on any atom is -0.366 e. The number of rotatable bonds is 1. The summed E-state index contributed by atoms with van der Waals surface area (Å²) in [6.45, 7) is 1.91. The third-order valence-electron chi connectivity index (χ3n) is 1.76. The Hall–Kier alpha value is -1.91. The quantitative estimate of drug-likeness (QED) is 0.670. The summed E-state index contributed by atoms with van der Waals surface area (Å²) in [4.78, 5) is 8.15. The fraction of sp³-hybridized carbons (Fsp3) is 0.125. The molecule has 3 N–H and O–H groups in total. The van der Waals surface area contributed by atoms with Crippen molar-refractivity contribution in [2.75, 3.05) is 5.73 Å². The van der Waals surface area contributed by atoms with Crippen LogP contribution in [0.3, 0.4) is 0 Å². The van der Waals surface area contributed by atoms with E-state index in [-0.39, 0.29) is 5.95 Å². The minimum absolute atomic E-state index is 0.248. The van der Waals surface area contributed by atoms with Crippen molar-refractivity contribution in [3.8, 4) is 11.4 Å². The molecule has 2 heterocycles. The number of nitrogens with zero attached hydrogens (tertiary/aromatic N) is 3. The Morgan fingerprint density at radius 1 is 1.46 bits per heavy atom. The number of aromatic amines is 1. The molecule has 5 nitrogen and oxygen atoms in total. The molecule has 0 amide bonds. The molecule has 0 aromatic carbocycles. The van der Waals surface area contributed by atoms with Gasteiger partial charge in [-0.1, -0.05) is 0 Å². The van der Waals surface area contributed by atoms with E-state index in [0.29, 0.717) is 5.82 Å². The van der Waals surface area contributed by atoms with E-state index >= 15 is 0 Å². The van der Waals surface area contributed by atoms with Gasteiger partial charge in [-0.05, 0) is 19.1 Å². The fourth-order valence-electron chi connectivity index (χ4n) is 1.13. The van der Waals surface area contributed by atoms with E-state index in [1.54, 1.807) is 6.20 Å². The maximum Gasteiger partial charge on any atom is 0.239 e. The molecular formula is C8H9N5. The zero-order valence-electron chi connectivity index (χ0n) is 7.15. The van der Waals surface area contributed by atoms with Gasteiger partial charge in [-0.2, -0.15) is 4.98 Å². The van der Waals surface area contributed by atoms with Gasteiger partial charge in [-0.15, -0.1) is 5.10 Å². The van der Waals surface area contributed by atoms with Crippen molar-refractivity contribution in [2.24, 2.45) is 0 Å². The predicted molar refractivity (Wildman–Crippen MR) is 48.8 cm³/mol. The summed E-state index contributed by atoms with van der Waals surface area (Å²) < 4.78 is 0. The van der Waals surface area contributed by atoms with Crippen LogP contribution >= 0.6 is 0 Å². The van der Waals surface area contributed by atoms with Gasteiger partial charge in [0.05, 0.1) is 0 Å². The van der Waals surface area contributed by atoms with Crippen molar-refractivity contribution in [3.05, 3.63) is 24.0 Å². The highest BCUT2D eigenvalue weighted by molar-refractivity contribution is 5.57. The SMILES string of the molecule is Cc1ncccc1-c1nc(N)n[nH]1. The van der Waals surface area contributed by atoms with Crippen molar-refractivity contribution in [2.45, 2.75) is 6.92 Å². The van der Waals surface area contributed by atoms with Crippen molar-refractivity contribution in [1.82, 2.24) is 20.2 Å². The van der Waals surface area contributed by atoms with Crippen LogP contribution in [0.15, 0.2) is 18.3 Å². The number of nitrogens with one attached hydrogen (secondary N) is 1. The van der Waals surface area contributed by atoms with Crippen LogP contribution in [0.4, 0.5) is 5.95 Å². The predicted octanol–water partition coefficient (Wildman–Crippen LogP) is 0.757. The molecule has 0 aliphatic rings. The van der Waals surface area contributed by atoms with Gasteiger partial charge in [0, 0.05) is 17.5 Å². The average molecular weight is 175 g/mol. The lowest BCUT2D eigenvalue weighted by Crippen LogP contribution is -1.88. The van der Waals surface area contributed by atoms with Gasteiger partial charge < -0.3 is 5.73 Å². The molecule has 0 radical (unpaired) electrons. The first-order valence-electron chi connectivity index (χ1n) is 3.87. The standard InChI is InChI=1S/C8H9N5/c1-5-6(3-2-4-10-5)7-11-8(9)13-12-7/h2-4H,1H3,(H3,9,11,12,13). The van der Waals surface area contributed by atoms with Crippen LogP contribution in [-0.4, -0.2) is 20.2 Å². The largest absolute Gasteiger partial charge is 0.366 e. The van der Waals surface area contributed by atoms with E-state index in [0.717, 1.165) is 11.3 Å². The molecule has 5 heteroatoms. The molecule has 0 spiro atoms. The number of H-pyrrole nitrogens is 1. The van der Waals surface area contributed by atoms with Crippen LogP contribution < -0.4 is 5.73 Å². The maximum atomic E-state index is 5.39. The van der Waals surface area contributed by atoms with Crippen LogP contribution in [0.1, 0.15) is 5.69 Å². The number of nitrogen functional groups attached to an aromatic ring is 1. The number of aryl methyl sites for hydroxylation is 1. The van der Waals surface area contributed by atoms with Gasteiger partial charge in [-0.25, -0.2) is 0 Å². The van der Waals surface area contributed by atoms with Crippen molar-refractivity contribution in [1.29, 1.82) is 0 Å². The van der Waals surface area contributed by atoms with Gasteiger partial charge in [0.1, 0.15) is 0 Å². The lowest BCUT2D eigenvalue weighted by Gasteiger charge is -1.98. The van der Waals surface area contributed by atoms with E-state index in [1.807, 2.05) is 19.1 Å². The highest BCUT2D eigenvalue weighted by Gasteiger charge is 2.05. The first kappa shape index (κ1) is 7.72. The molecule has 0 saturated heterocycles. The van der Waals surface area contributed by atoms with Gasteiger partial charge in [0.2, 0.25) is 5.95 Å². The van der Waals surface area contributed by atoms with Crippen molar-refractivity contribution >= 4 is 5.95 Å². The molecule has 0 atom stereocenters. The van der Waals surface area contributed by atoms with Gasteiger partial charge >= 0.3 is 0 Å². The number of anilines is 1. The topological polar surface area (TPSA) is 80.5 Å². The Morgan fingerprint density at radius 3 is 2.92 bits per heavy atom. The van der Waals surface area contributed by atoms with E-state index in [9.17, 15) is 0 Å². The van der Waals surface area contributed by atoms with Gasteiger partial charge in [0.25, 0.3) is 0 Å². The Bertz CT molecular complexity index is 420. The van der Waals surface area contributed by atoms with Gasteiger partial charge in [0.15, 0.2) is 5.82 Å². The van der Waals surface area contributed by atoms with Crippen LogP contribution in [0, 0.1) is 6.92 Å². The molecule has 13 heavy (non-hydrogen) atoms. The number of pyridine rings is 1. The lowest BCUT2D eigenvalue weighted by molar-refractivity contribution is 1.09. The zero-order valence-corrected chi connectivity index (χ0v) is 7.15. The molecule has 66 valence electrons. The normalized spacial score (nSPS) is 10.2. The summed E-state index contributed by atoms with van der Waals surface area (Å²) in [5.74, 6) is 0.904. The fourth-order valence-corrected chi connectivity index (χ4v) is 1.13. The Kier molecular flexibility index (Phi) is 1.70. The first-order chi connectivity index (χ1) is 6.27. The second-order valence-electron chi connectivity index (χ2n) is 2.68. The van der Waals surface area contributed by atoms with Crippen LogP contribution in [-0.2, 0) is 0 Å². The van der Waals surface area contributed by atoms with Crippen LogP contribution in [0.2, 0.25) is 0 Å². The molecule has 0 aliphatic heterocycles. The van der Waals surface area contributed by atoms with Crippen LogP contribution in [0.25, 0.3) is 11.4 Å². The molecule has 0 aliphatic carbocycles. The summed E-state index contributed by atoms with van der Waals surface area (Å²) in [6, 6.07) is 3.77. The summed E-state index contributed by atoms with van der Waals surface area (Å²) in [6.07, 6.45) is 1.73. The zero-order chi connectivity index (χ0) is 9.26. The number of aromatic nitrogens is 4. The first-order valence-corrected chi connectivity index (χ1v) is 3.87. The molecule has 2 rings (SSSR count). The summed E-state index contributed by atoms with van der Waals surface area (Å²) in [5.41, 5.74) is 7.22. The van der Waals surface area contributed by atoms with Gasteiger partial charge in [-0.3, -0.25) is 10.1 Å². The van der Waals surface area contributed by atoms with E-state index in [4.69, 9.17) is 5.73 Å². The van der Waals surface area contributed by atoms with Crippen molar-refractivity contribution in [3.63, 3.8) is 0 Å². The molecular weight excluding hydrogens is 166 g/mol. The summed E-state index contributed by atoms with van der Waals surface area (Å²) in [5, 5.41) is 6.48. The lowest BCUT2D eigenvalue weighted by atomic mass is 10.2. The smallest absolute Gasteiger partial charge is 0.239 e. The highest BCUT2D eigenvalue weighted by Crippen LogP contribution is 2.16. The molecule has 0 fully saturated rings. The summed E-state index contributed by atoms with van der Waals surface area (Å²) >= 11 is 0. The number of nitrogens with two attached hydrogens (primary N) is 1. The molecule has 0 unspecified atom stereocenters. The number of hydrogen-bond donors (Lipinski definition) is 2. The van der Waals surface area contributed by atoms with Crippen molar-refractivity contribution < 1.29 is 0 Å². The maximum absolute atomic E-state index is 5.39. The Balaban J connectivity index is 2.52. The summed E-state index contributed by atoms with van der Waals surface area (Å²) in [7, 11) is 0. The highest BCUT2D eigenvalue weighted by atomic mass is 15.3. The van der Waals surface area contributed by atoms with E-state index < -0.39 is 0 Å². The molecule has 2 aromatic heterocycles. The average Bonchev–Trinajstić information content (AvgIpc) is 2.53. The second kappa shape index (κ2) is 2.85. The monoisotopic (exact) mass is 175 g/mol.